The van der Waals surface area contributed by atoms with E-state index in [4.69, 9.17) is 18.9 Å². The summed E-state index contributed by atoms with van der Waals surface area (Å²) in [6.45, 7) is 0.256. The standard InChI is InChI=1S/C19H21N3O7S/c1-26-15-5-3-13(9-17(15)27-2)11-20-22-19(23)12-21-30(24,25)14-4-6-16-18(10-14)29-8-7-28-16/h3-6,9-11,21H,7-8,12H2,1-2H3,(H,22,23)/b20-11-. The lowest BCUT2D eigenvalue weighted by molar-refractivity contribution is -0.119. The van der Waals surface area contributed by atoms with Crippen molar-refractivity contribution in [2.45, 2.75) is 4.90 Å². The van der Waals surface area contributed by atoms with Crippen LogP contribution >= 0.6 is 0 Å². The Hall–Kier alpha value is -3.31. The predicted molar refractivity (Wildman–Crippen MR) is 108 cm³/mol. The van der Waals surface area contributed by atoms with E-state index in [0.717, 1.165) is 0 Å². The average Bonchev–Trinajstić information content (AvgIpc) is 2.77. The lowest BCUT2D eigenvalue weighted by Crippen LogP contribution is -2.35. The van der Waals surface area contributed by atoms with Gasteiger partial charge in [0.25, 0.3) is 5.91 Å². The van der Waals surface area contributed by atoms with Crippen LogP contribution in [0.5, 0.6) is 23.0 Å². The van der Waals surface area contributed by atoms with Crippen LogP contribution in [0.1, 0.15) is 5.56 Å². The zero-order valence-corrected chi connectivity index (χ0v) is 17.2. The summed E-state index contributed by atoms with van der Waals surface area (Å²) in [5.74, 6) is 1.26. The van der Waals surface area contributed by atoms with Gasteiger partial charge < -0.3 is 18.9 Å². The Balaban J connectivity index is 1.55. The lowest BCUT2D eigenvalue weighted by Gasteiger charge is -2.18. The van der Waals surface area contributed by atoms with Gasteiger partial charge in [0.2, 0.25) is 10.0 Å². The fourth-order valence-corrected chi connectivity index (χ4v) is 3.58. The molecule has 0 unspecified atom stereocenters. The number of rotatable bonds is 8. The summed E-state index contributed by atoms with van der Waals surface area (Å²) in [6, 6.07) is 9.34. The number of carbonyl (C=O) groups is 1. The smallest absolute Gasteiger partial charge is 0.255 e. The number of methoxy groups -OCH3 is 2. The van der Waals surface area contributed by atoms with Crippen molar-refractivity contribution in [1.82, 2.24) is 10.1 Å². The molecule has 11 heteroatoms. The molecule has 2 aromatic carbocycles. The average molecular weight is 435 g/mol. The van der Waals surface area contributed by atoms with Gasteiger partial charge in [-0.2, -0.15) is 5.10 Å². The molecule has 2 N–H and O–H groups in total. The van der Waals surface area contributed by atoms with Gasteiger partial charge >= 0.3 is 0 Å². The molecule has 1 amide bonds. The fraction of sp³-hybridized carbons (Fsp3) is 0.263. The molecule has 1 aliphatic rings. The molecule has 0 aliphatic carbocycles. The molecule has 0 atom stereocenters. The highest BCUT2D eigenvalue weighted by Crippen LogP contribution is 2.32. The van der Waals surface area contributed by atoms with Gasteiger partial charge in [-0.15, -0.1) is 0 Å². The SMILES string of the molecule is COc1ccc(/C=N\NC(=O)CNS(=O)(=O)c2ccc3c(c2)OCCO3)cc1OC. The Morgan fingerprint density at radius 2 is 1.80 bits per heavy atom. The van der Waals surface area contributed by atoms with Crippen LogP contribution in [0.2, 0.25) is 0 Å². The Morgan fingerprint density at radius 3 is 2.53 bits per heavy atom. The number of fused-ring (bicyclic) bond motifs is 1. The molecule has 1 aliphatic heterocycles. The number of amides is 1. The van der Waals surface area contributed by atoms with Crippen LogP contribution in [0.15, 0.2) is 46.4 Å². The molecule has 0 saturated heterocycles. The first-order valence-corrected chi connectivity index (χ1v) is 10.3. The van der Waals surface area contributed by atoms with Crippen LogP contribution in [0.4, 0.5) is 0 Å². The number of carbonyl (C=O) groups excluding carboxylic acids is 1. The summed E-state index contributed by atoms with van der Waals surface area (Å²) in [7, 11) is -0.877. The molecular weight excluding hydrogens is 414 g/mol. The van der Waals surface area contributed by atoms with Crippen molar-refractivity contribution in [1.29, 1.82) is 0 Å². The third kappa shape index (κ3) is 5.19. The van der Waals surface area contributed by atoms with Crippen molar-refractivity contribution in [3.05, 3.63) is 42.0 Å². The van der Waals surface area contributed by atoms with Crippen LogP contribution in [0.3, 0.4) is 0 Å². The Bertz CT molecular complexity index is 1050. The highest BCUT2D eigenvalue weighted by Gasteiger charge is 2.20. The zero-order valence-electron chi connectivity index (χ0n) is 16.4. The third-order valence-electron chi connectivity index (χ3n) is 4.06. The first kappa shape index (κ1) is 21.4. The van der Waals surface area contributed by atoms with Gasteiger partial charge in [-0.25, -0.2) is 18.6 Å². The topological polar surface area (TPSA) is 125 Å². The van der Waals surface area contributed by atoms with E-state index in [2.05, 4.69) is 15.2 Å². The first-order valence-electron chi connectivity index (χ1n) is 8.86. The molecular formula is C19H21N3O7S. The number of benzene rings is 2. The highest BCUT2D eigenvalue weighted by atomic mass is 32.2. The minimum atomic E-state index is -3.91. The van der Waals surface area contributed by atoms with E-state index in [9.17, 15) is 13.2 Å². The zero-order chi connectivity index (χ0) is 21.6. The molecule has 3 rings (SSSR count). The monoisotopic (exact) mass is 435 g/mol. The largest absolute Gasteiger partial charge is 0.493 e. The molecule has 0 radical (unpaired) electrons. The molecule has 0 aromatic heterocycles. The van der Waals surface area contributed by atoms with Gasteiger partial charge in [-0.3, -0.25) is 4.79 Å². The van der Waals surface area contributed by atoms with E-state index in [-0.39, 0.29) is 4.90 Å². The van der Waals surface area contributed by atoms with E-state index in [0.29, 0.717) is 41.8 Å². The van der Waals surface area contributed by atoms with Gasteiger partial charge in [0.15, 0.2) is 23.0 Å². The number of nitrogens with zero attached hydrogens (tertiary/aromatic N) is 1. The lowest BCUT2D eigenvalue weighted by atomic mass is 10.2. The van der Waals surface area contributed by atoms with Crippen molar-refractivity contribution < 1.29 is 32.2 Å². The highest BCUT2D eigenvalue weighted by molar-refractivity contribution is 7.89. The molecule has 0 spiro atoms. The minimum absolute atomic E-state index is 0.0339. The number of hydrazone groups is 1. The predicted octanol–water partition coefficient (Wildman–Crippen LogP) is 0.904. The van der Waals surface area contributed by atoms with E-state index < -0.39 is 22.5 Å². The van der Waals surface area contributed by atoms with Gasteiger partial charge in [0, 0.05) is 6.07 Å². The molecule has 10 nitrogen and oxygen atoms in total. The third-order valence-corrected chi connectivity index (χ3v) is 5.46. The van der Waals surface area contributed by atoms with Gasteiger partial charge in [-0.1, -0.05) is 0 Å². The summed E-state index contributed by atoms with van der Waals surface area (Å²) in [5.41, 5.74) is 2.92. The van der Waals surface area contributed by atoms with Crippen molar-refractivity contribution in [3.63, 3.8) is 0 Å². The molecule has 160 valence electrons. The van der Waals surface area contributed by atoms with Crippen LogP contribution in [-0.4, -0.2) is 54.5 Å². The van der Waals surface area contributed by atoms with Gasteiger partial charge in [0.05, 0.1) is 31.9 Å². The maximum Gasteiger partial charge on any atom is 0.255 e. The summed E-state index contributed by atoms with van der Waals surface area (Å²) in [5, 5.41) is 3.81. The number of nitrogens with one attached hydrogen (secondary N) is 2. The van der Waals surface area contributed by atoms with E-state index >= 15 is 0 Å². The number of hydrogen-bond acceptors (Lipinski definition) is 8. The van der Waals surface area contributed by atoms with Gasteiger partial charge in [-0.05, 0) is 35.9 Å². The Morgan fingerprint density at radius 1 is 1.07 bits per heavy atom. The van der Waals surface area contributed by atoms with Crippen LogP contribution in [0, 0.1) is 0 Å². The van der Waals surface area contributed by atoms with E-state index in [1.54, 1.807) is 18.2 Å². The van der Waals surface area contributed by atoms with Crippen molar-refractivity contribution in [3.8, 4) is 23.0 Å². The maximum absolute atomic E-state index is 12.4. The molecule has 0 bridgehead atoms. The molecule has 0 saturated carbocycles. The summed E-state index contributed by atoms with van der Waals surface area (Å²) in [4.78, 5) is 11.9. The number of sulfonamides is 1. The molecule has 0 fully saturated rings. The van der Waals surface area contributed by atoms with Crippen LogP contribution in [0.25, 0.3) is 0 Å². The first-order chi connectivity index (χ1) is 14.4. The molecule has 2 aromatic rings. The second-order valence-electron chi connectivity index (χ2n) is 6.04. The quantitative estimate of drug-likeness (QED) is 0.466. The van der Waals surface area contributed by atoms with E-state index in [1.165, 1.54) is 38.6 Å². The van der Waals surface area contributed by atoms with Crippen LogP contribution in [-0.2, 0) is 14.8 Å². The summed E-state index contributed by atoms with van der Waals surface area (Å²) in [6.07, 6.45) is 1.40. The molecule has 30 heavy (non-hydrogen) atoms. The minimum Gasteiger partial charge on any atom is -0.493 e. The maximum atomic E-state index is 12.4. The van der Waals surface area contributed by atoms with Crippen molar-refractivity contribution in [2.24, 2.45) is 5.10 Å². The van der Waals surface area contributed by atoms with Gasteiger partial charge in [0.1, 0.15) is 13.2 Å². The number of hydrogen-bond donors (Lipinski definition) is 2. The van der Waals surface area contributed by atoms with E-state index in [1.807, 2.05) is 0 Å². The second-order valence-corrected chi connectivity index (χ2v) is 7.80. The second kappa shape index (κ2) is 9.46. The van der Waals surface area contributed by atoms with Crippen molar-refractivity contribution in [2.75, 3.05) is 34.0 Å². The number of ether oxygens (including phenoxy) is 4. The summed E-state index contributed by atoms with van der Waals surface area (Å²) >= 11 is 0. The molecule has 1 heterocycles. The van der Waals surface area contributed by atoms with Crippen LogP contribution < -0.4 is 29.1 Å². The Kier molecular flexibility index (Phi) is 6.75. The van der Waals surface area contributed by atoms with Crippen molar-refractivity contribution >= 4 is 22.1 Å². The normalized spacial score (nSPS) is 13.1. The Labute approximate surface area is 173 Å². The fourth-order valence-electron chi connectivity index (χ4n) is 2.59. The summed E-state index contributed by atoms with van der Waals surface area (Å²) < 4.78 is 48.1.